The van der Waals surface area contributed by atoms with Crippen LogP contribution in [0.2, 0.25) is 5.15 Å². The lowest BCUT2D eigenvalue weighted by Crippen LogP contribution is -1.96. The van der Waals surface area contributed by atoms with Crippen LogP contribution in [0.5, 0.6) is 0 Å². The van der Waals surface area contributed by atoms with E-state index in [1.54, 1.807) is 0 Å². The van der Waals surface area contributed by atoms with Crippen LogP contribution in [0.1, 0.15) is 17.9 Å². The maximum absolute atomic E-state index is 12.0. The molecular formula is C6H2ClF2N3. The molecule has 0 aliphatic rings. The molecule has 1 heterocycles. The quantitative estimate of drug-likeness (QED) is 0.635. The molecular weight excluding hydrogens is 188 g/mol. The summed E-state index contributed by atoms with van der Waals surface area (Å²) >= 11 is 5.34. The van der Waals surface area contributed by atoms with Crippen molar-refractivity contribution >= 4 is 11.6 Å². The lowest BCUT2D eigenvalue weighted by atomic mass is 10.4. The Kier molecular flexibility index (Phi) is 2.51. The number of nitriles is 1. The third kappa shape index (κ3) is 1.86. The van der Waals surface area contributed by atoms with E-state index in [9.17, 15) is 8.78 Å². The lowest BCUT2D eigenvalue weighted by molar-refractivity contribution is 0.146. The monoisotopic (exact) mass is 189 g/mol. The van der Waals surface area contributed by atoms with Gasteiger partial charge in [0.1, 0.15) is 16.9 Å². The van der Waals surface area contributed by atoms with Gasteiger partial charge in [-0.05, 0) is 0 Å². The summed E-state index contributed by atoms with van der Waals surface area (Å²) < 4.78 is 24.0. The Hall–Kier alpha value is -1.28. The average molecular weight is 190 g/mol. The number of nitrogens with zero attached hydrogens (tertiary/aromatic N) is 3. The maximum atomic E-state index is 12.0. The van der Waals surface area contributed by atoms with E-state index in [1.807, 2.05) is 0 Å². The molecule has 3 nitrogen and oxygen atoms in total. The van der Waals surface area contributed by atoms with Gasteiger partial charge in [0.15, 0.2) is 0 Å². The van der Waals surface area contributed by atoms with E-state index >= 15 is 0 Å². The molecule has 0 unspecified atom stereocenters. The first kappa shape index (κ1) is 8.81. The van der Waals surface area contributed by atoms with Crippen LogP contribution in [-0.2, 0) is 0 Å². The molecule has 0 saturated heterocycles. The highest BCUT2D eigenvalue weighted by atomic mass is 35.5. The Balaban J connectivity index is 3.17. The van der Waals surface area contributed by atoms with Gasteiger partial charge in [-0.1, -0.05) is 11.6 Å². The number of hydrogen-bond donors (Lipinski definition) is 0. The summed E-state index contributed by atoms with van der Waals surface area (Å²) in [5.41, 5.74) is -0.536. The zero-order valence-corrected chi connectivity index (χ0v) is 6.39. The van der Waals surface area contributed by atoms with E-state index in [4.69, 9.17) is 16.9 Å². The molecule has 0 aromatic carbocycles. The summed E-state index contributed by atoms with van der Waals surface area (Å²) in [5, 5.41) is 8.13. The lowest BCUT2D eigenvalue weighted by Gasteiger charge is -1.97. The molecule has 12 heavy (non-hydrogen) atoms. The van der Waals surface area contributed by atoms with Crippen molar-refractivity contribution in [2.75, 3.05) is 0 Å². The highest BCUT2D eigenvalue weighted by molar-refractivity contribution is 6.29. The summed E-state index contributed by atoms with van der Waals surface area (Å²) in [7, 11) is 0. The van der Waals surface area contributed by atoms with E-state index in [1.165, 1.54) is 6.07 Å². The summed E-state index contributed by atoms with van der Waals surface area (Å²) in [4.78, 5) is 6.64. The fourth-order valence-electron chi connectivity index (χ4n) is 0.597. The molecule has 62 valence electrons. The molecule has 6 heteroatoms. The number of halogens is 3. The number of rotatable bonds is 1. The van der Waals surface area contributed by atoms with Crippen molar-refractivity contribution in [3.8, 4) is 6.07 Å². The molecule has 0 radical (unpaired) electrons. The minimum Gasteiger partial charge on any atom is -0.218 e. The van der Waals surface area contributed by atoms with Gasteiger partial charge in [-0.25, -0.2) is 18.7 Å². The van der Waals surface area contributed by atoms with Gasteiger partial charge in [0.25, 0.3) is 6.43 Å². The second kappa shape index (κ2) is 3.41. The first-order valence-electron chi connectivity index (χ1n) is 2.86. The molecule has 1 aromatic heterocycles. The summed E-state index contributed by atoms with van der Waals surface area (Å²) in [6.45, 7) is 0. The van der Waals surface area contributed by atoms with Crippen molar-refractivity contribution in [2.45, 2.75) is 6.43 Å². The van der Waals surface area contributed by atoms with Gasteiger partial charge < -0.3 is 0 Å². The van der Waals surface area contributed by atoms with E-state index in [-0.39, 0.29) is 11.0 Å². The maximum Gasteiger partial charge on any atom is 0.280 e. The van der Waals surface area contributed by atoms with Gasteiger partial charge >= 0.3 is 0 Å². The topological polar surface area (TPSA) is 49.6 Å². The predicted molar refractivity (Wildman–Crippen MR) is 36.7 cm³/mol. The van der Waals surface area contributed by atoms with Crippen LogP contribution >= 0.6 is 11.6 Å². The van der Waals surface area contributed by atoms with E-state index < -0.39 is 12.1 Å². The highest BCUT2D eigenvalue weighted by Gasteiger charge is 2.11. The first-order valence-corrected chi connectivity index (χ1v) is 3.24. The fourth-order valence-corrected chi connectivity index (χ4v) is 0.789. The van der Waals surface area contributed by atoms with E-state index in [0.717, 1.165) is 6.07 Å². The molecule has 0 N–H and O–H groups in total. The Bertz CT molecular complexity index is 334. The predicted octanol–water partition coefficient (Wildman–Crippen LogP) is 1.94. The molecule has 0 saturated carbocycles. The van der Waals surface area contributed by atoms with Crippen molar-refractivity contribution in [1.82, 2.24) is 9.97 Å². The third-order valence-electron chi connectivity index (χ3n) is 1.04. The van der Waals surface area contributed by atoms with Crippen molar-refractivity contribution in [1.29, 1.82) is 5.26 Å². The van der Waals surface area contributed by atoms with Crippen LogP contribution in [-0.4, -0.2) is 9.97 Å². The van der Waals surface area contributed by atoms with Crippen LogP contribution in [0.3, 0.4) is 0 Å². The van der Waals surface area contributed by atoms with Gasteiger partial charge in [-0.3, -0.25) is 0 Å². The number of alkyl halides is 2. The third-order valence-corrected chi connectivity index (χ3v) is 1.23. The average Bonchev–Trinajstić information content (AvgIpc) is 2.03. The van der Waals surface area contributed by atoms with Crippen molar-refractivity contribution in [2.24, 2.45) is 0 Å². The minimum atomic E-state index is -2.74. The fraction of sp³-hybridized carbons (Fsp3) is 0.167. The molecule has 1 aromatic rings. The Labute approximate surface area is 71.6 Å². The number of hydrogen-bond acceptors (Lipinski definition) is 3. The van der Waals surface area contributed by atoms with Crippen molar-refractivity contribution < 1.29 is 8.78 Å². The molecule has 1 rings (SSSR count). The minimum absolute atomic E-state index is 0.156. The normalized spacial score (nSPS) is 9.92. The standard InChI is InChI=1S/C6H2ClF2N3/c7-4-1-3(6(8)9)11-5(2-10)12-4/h1,6H. The molecule has 0 spiro atoms. The highest BCUT2D eigenvalue weighted by Crippen LogP contribution is 2.18. The largest absolute Gasteiger partial charge is 0.280 e. The zero-order chi connectivity index (χ0) is 9.14. The van der Waals surface area contributed by atoms with E-state index in [0.29, 0.717) is 0 Å². The van der Waals surface area contributed by atoms with Gasteiger partial charge in [-0.15, -0.1) is 0 Å². The van der Waals surface area contributed by atoms with Crippen molar-refractivity contribution in [3.63, 3.8) is 0 Å². The van der Waals surface area contributed by atoms with Crippen LogP contribution < -0.4 is 0 Å². The molecule has 0 aliphatic heterocycles. The zero-order valence-electron chi connectivity index (χ0n) is 5.63. The summed E-state index contributed by atoms with van der Waals surface area (Å²) in [6.07, 6.45) is -2.74. The molecule has 0 aliphatic carbocycles. The van der Waals surface area contributed by atoms with Crippen molar-refractivity contribution in [3.05, 3.63) is 22.7 Å². The van der Waals surface area contributed by atoms with Gasteiger partial charge in [0, 0.05) is 6.07 Å². The second-order valence-electron chi connectivity index (χ2n) is 1.85. The summed E-state index contributed by atoms with van der Waals surface area (Å²) in [5.74, 6) is -0.349. The SMILES string of the molecule is N#Cc1nc(Cl)cc(C(F)F)n1. The van der Waals surface area contributed by atoms with Crippen LogP contribution in [0, 0.1) is 11.3 Å². The molecule has 0 amide bonds. The van der Waals surface area contributed by atoms with E-state index in [2.05, 4.69) is 9.97 Å². The number of aromatic nitrogens is 2. The van der Waals surface area contributed by atoms with Gasteiger partial charge in [0.2, 0.25) is 5.82 Å². The Morgan fingerprint density at radius 3 is 2.67 bits per heavy atom. The smallest absolute Gasteiger partial charge is 0.218 e. The summed E-state index contributed by atoms with van der Waals surface area (Å²) in [6, 6.07) is 2.45. The van der Waals surface area contributed by atoms with Gasteiger partial charge in [0.05, 0.1) is 0 Å². The van der Waals surface area contributed by atoms with Crippen LogP contribution in [0.15, 0.2) is 6.07 Å². The van der Waals surface area contributed by atoms with Crippen LogP contribution in [0.4, 0.5) is 8.78 Å². The first-order chi connectivity index (χ1) is 5.63. The Morgan fingerprint density at radius 2 is 2.17 bits per heavy atom. The molecule has 0 atom stereocenters. The second-order valence-corrected chi connectivity index (χ2v) is 2.24. The van der Waals surface area contributed by atoms with Crippen LogP contribution in [0.25, 0.3) is 0 Å². The molecule has 0 bridgehead atoms. The van der Waals surface area contributed by atoms with Gasteiger partial charge in [-0.2, -0.15) is 5.26 Å². The Morgan fingerprint density at radius 1 is 1.50 bits per heavy atom. The molecule has 0 fully saturated rings.